The molecule has 2 aliphatic rings. The average Bonchev–Trinajstić information content (AvgIpc) is 1.71. The van der Waals surface area contributed by atoms with Crippen LogP contribution in [0.3, 0.4) is 0 Å². The molecule has 496 valence electrons. The summed E-state index contributed by atoms with van der Waals surface area (Å²) in [5.41, 5.74) is 9.90. The number of aromatic nitrogens is 10. The minimum absolute atomic E-state index is 0.0784. The number of halogens is 3. The van der Waals surface area contributed by atoms with Gasteiger partial charge in [-0.15, -0.1) is 0 Å². The molecule has 0 saturated carbocycles. The highest BCUT2D eigenvalue weighted by Gasteiger charge is 2.28. The van der Waals surface area contributed by atoms with Crippen molar-refractivity contribution in [1.29, 1.82) is 15.9 Å². The van der Waals surface area contributed by atoms with Gasteiger partial charge in [-0.2, -0.15) is 20.5 Å². The summed E-state index contributed by atoms with van der Waals surface area (Å²) in [7, 11) is 0. The number of nitrogens with one attached hydrogen (secondary N) is 5. The first-order valence-corrected chi connectivity index (χ1v) is 31.6. The minimum atomic E-state index is -1.14. The molecule has 8 N–H and O–H groups in total. The van der Waals surface area contributed by atoms with Crippen molar-refractivity contribution in [3.63, 3.8) is 0 Å². The molecule has 11 aromatic rings. The van der Waals surface area contributed by atoms with E-state index >= 15 is 0 Å². The van der Waals surface area contributed by atoms with Crippen LogP contribution in [0.4, 0.5) is 17.1 Å². The Bertz CT molecular complexity index is 4810. The Morgan fingerprint density at radius 3 is 1.41 bits per heavy atom. The molecular weight excluding hydrogens is 1450 g/mol. The second-order valence-electron chi connectivity index (χ2n) is 21.6. The van der Waals surface area contributed by atoms with Gasteiger partial charge in [0, 0.05) is 93.3 Å². The number of carbonyl (C=O) groups is 5. The van der Waals surface area contributed by atoms with Gasteiger partial charge in [0.1, 0.15) is 40.6 Å². The first-order chi connectivity index (χ1) is 46.6. The van der Waals surface area contributed by atoms with Crippen molar-refractivity contribution in [3.05, 3.63) is 193 Å². The zero-order valence-corrected chi connectivity index (χ0v) is 56.7. The molecule has 3 amide bonds. The van der Waals surface area contributed by atoms with Crippen LogP contribution in [0.15, 0.2) is 151 Å². The standard InChI is InChI=1S/C22H18BrN7O2.C18H14BrN5O3.C17H15BrN4O2.C4H6N2.C4H6O4/c1-13-2-3-15(21-27-20(32-28-21)12-29-9-14(7-24)10-29)6-17(13)26-22(31)18-8-25-19-5-4-16(23)11-30(18)19;1-10-2-3-11(17-22-16(9-25)27-23-17)6-13(10)21-18(26)14-7-20-15-5-4-12(19)8-24(14)15;1-10-2-3-11(13(19)9-23)6-14(10)21-17(24)15-7-20-16-5-4-12(18)8-22(15)16;5-1-4-2-6-3-4;1-3(5)8-2-4(6)7/h2-6,8,11,14H,9-10,12H2,1H3,(H,26,31);2-8,25H,9H2,1H3,(H,21,26);2-8,19,23H,9H2,1H3,(H,21,24);4,6H,2-3H2;2H2,1H3,(H,6,7). The molecule has 0 atom stereocenters. The van der Waals surface area contributed by atoms with Crippen LogP contribution in [-0.2, 0) is 27.5 Å². The van der Waals surface area contributed by atoms with E-state index in [0.717, 1.165) is 68.8 Å². The Morgan fingerprint density at radius 2 is 1.05 bits per heavy atom. The maximum absolute atomic E-state index is 13.0. The maximum Gasteiger partial charge on any atom is 0.341 e. The summed E-state index contributed by atoms with van der Waals surface area (Å²) in [5, 5.41) is 70.4. The van der Waals surface area contributed by atoms with Crippen LogP contribution in [0.5, 0.6) is 0 Å². The summed E-state index contributed by atoms with van der Waals surface area (Å²) in [5.74, 6) is -0.755. The predicted molar refractivity (Wildman–Crippen MR) is 363 cm³/mol. The fourth-order valence-corrected chi connectivity index (χ4v) is 10.2. The number of pyridine rings is 3. The molecule has 0 radical (unpaired) electrons. The zero-order chi connectivity index (χ0) is 69.4. The number of hydrogen-bond donors (Lipinski definition) is 8. The number of carbonyl (C=O) groups excluding carboxylic acids is 4. The molecule has 8 aromatic heterocycles. The molecule has 13 rings (SSSR count). The SMILES string of the molecule is CC(=O)OCC(=O)O.Cc1ccc(-c2noc(CN3CC(C#N)C3)n2)cc1NC(=O)c1cnc2ccc(Br)cn12.Cc1ccc(-c2noc(CO)n2)cc1NC(=O)c1cnc2ccc(Br)cn12.Cc1ccc(C(=N)CO)cc1NC(=O)c1cnc2ccc(Br)cn12.N#CC1CNC1. The Hall–Kier alpha value is -10.7. The molecule has 0 bridgehead atoms. The van der Waals surface area contributed by atoms with E-state index in [1.807, 2.05) is 87.5 Å². The summed E-state index contributed by atoms with van der Waals surface area (Å²) < 4.78 is 22.1. The number of carboxylic acid groups (broad SMARTS) is 1. The number of nitrogens with zero attached hydrogens (tertiary/aromatic N) is 13. The van der Waals surface area contributed by atoms with Gasteiger partial charge in [-0.05, 0) is 145 Å². The van der Waals surface area contributed by atoms with Crippen molar-refractivity contribution in [2.45, 2.75) is 40.8 Å². The first-order valence-electron chi connectivity index (χ1n) is 29.3. The Balaban J connectivity index is 0.000000156. The molecular formula is C65H59Br3N18O11. The number of ether oxygens (including phenoxy) is 1. The summed E-state index contributed by atoms with van der Waals surface area (Å²) >= 11 is 10.2. The average molecular weight is 1510 g/mol. The van der Waals surface area contributed by atoms with Crippen LogP contribution in [0.25, 0.3) is 39.7 Å². The zero-order valence-electron chi connectivity index (χ0n) is 52.0. The molecule has 0 unspecified atom stereocenters. The third-order valence-electron chi connectivity index (χ3n) is 14.5. The number of aliphatic hydroxyl groups excluding tert-OH is 2. The molecule has 0 spiro atoms. The second-order valence-corrected chi connectivity index (χ2v) is 24.4. The Labute approximate surface area is 577 Å². The lowest BCUT2D eigenvalue weighted by Crippen LogP contribution is -2.45. The molecule has 10 heterocycles. The van der Waals surface area contributed by atoms with Crippen LogP contribution in [0, 0.1) is 60.7 Å². The van der Waals surface area contributed by atoms with E-state index in [0.29, 0.717) is 92.2 Å². The number of aliphatic carboxylic acids is 1. The number of hydrogen-bond acceptors (Lipinski definition) is 22. The van der Waals surface area contributed by atoms with Gasteiger partial charge in [0.2, 0.25) is 17.5 Å². The van der Waals surface area contributed by atoms with Crippen molar-refractivity contribution in [1.82, 2.24) is 58.7 Å². The number of anilines is 3. The van der Waals surface area contributed by atoms with Crippen molar-refractivity contribution in [2.24, 2.45) is 11.8 Å². The summed E-state index contributed by atoms with van der Waals surface area (Å²) in [4.78, 5) is 81.2. The summed E-state index contributed by atoms with van der Waals surface area (Å²) in [6, 6.07) is 31.7. The lowest BCUT2D eigenvalue weighted by molar-refractivity contribution is -0.153. The van der Waals surface area contributed by atoms with Crippen molar-refractivity contribution in [2.75, 3.05) is 55.3 Å². The molecule has 0 aliphatic carbocycles. The molecule has 2 aliphatic heterocycles. The highest BCUT2D eigenvalue weighted by molar-refractivity contribution is 9.11. The molecule has 29 nitrogen and oxygen atoms in total. The Morgan fingerprint density at radius 1 is 0.629 bits per heavy atom. The van der Waals surface area contributed by atoms with Gasteiger partial charge in [-0.3, -0.25) is 37.3 Å². The van der Waals surface area contributed by atoms with Gasteiger partial charge in [-0.25, -0.2) is 19.7 Å². The van der Waals surface area contributed by atoms with E-state index in [-0.39, 0.29) is 48.5 Å². The smallest absolute Gasteiger partial charge is 0.341 e. The number of benzene rings is 3. The summed E-state index contributed by atoms with van der Waals surface area (Å²) in [6.07, 6.45) is 9.97. The number of likely N-dealkylation sites (tertiary alicyclic amines) is 1. The monoisotopic (exact) mass is 1500 g/mol. The maximum atomic E-state index is 13.0. The fraction of sp³-hybridized carbons (Fsp3) is 0.215. The molecule has 2 saturated heterocycles. The predicted octanol–water partition coefficient (Wildman–Crippen LogP) is 9.24. The molecule has 2 fully saturated rings. The molecule has 3 aromatic carbocycles. The van der Waals surface area contributed by atoms with Crippen LogP contribution in [0.2, 0.25) is 0 Å². The number of amides is 3. The van der Waals surface area contributed by atoms with Gasteiger partial charge in [0.05, 0.1) is 61.4 Å². The van der Waals surface area contributed by atoms with Gasteiger partial charge in [0.15, 0.2) is 6.61 Å². The lowest BCUT2D eigenvalue weighted by atomic mass is 10.0. The Kier molecular flexibility index (Phi) is 23.7. The third kappa shape index (κ3) is 18.4. The lowest BCUT2D eigenvalue weighted by Gasteiger charge is -2.33. The highest BCUT2D eigenvalue weighted by atomic mass is 79.9. The topological polar surface area (TPSA) is 408 Å². The number of esters is 1. The third-order valence-corrected chi connectivity index (χ3v) is 15.9. The van der Waals surface area contributed by atoms with E-state index in [2.05, 4.69) is 126 Å². The quantitative estimate of drug-likeness (QED) is 0.0350. The number of fused-ring (bicyclic) bond motifs is 3. The van der Waals surface area contributed by atoms with E-state index in [9.17, 15) is 24.0 Å². The second kappa shape index (κ2) is 32.6. The highest BCUT2D eigenvalue weighted by Crippen LogP contribution is 2.28. The normalized spacial score (nSPS) is 12.5. The number of aryl methyl sites for hydroxylation is 3. The summed E-state index contributed by atoms with van der Waals surface area (Å²) in [6.45, 7) is 9.36. The van der Waals surface area contributed by atoms with E-state index in [1.54, 1.807) is 62.3 Å². The van der Waals surface area contributed by atoms with Crippen molar-refractivity contribution < 1.29 is 53.1 Å². The number of aliphatic hydroxyl groups is 2. The number of imidazole rings is 3. The number of carboxylic acids is 1. The largest absolute Gasteiger partial charge is 0.479 e. The van der Waals surface area contributed by atoms with Gasteiger partial charge >= 0.3 is 11.9 Å². The van der Waals surface area contributed by atoms with Gasteiger partial charge in [-0.1, -0.05) is 46.7 Å². The van der Waals surface area contributed by atoms with Crippen LogP contribution in [0.1, 0.15) is 72.4 Å². The van der Waals surface area contributed by atoms with Crippen LogP contribution >= 0.6 is 47.8 Å². The molecule has 97 heavy (non-hydrogen) atoms. The van der Waals surface area contributed by atoms with Crippen molar-refractivity contribution in [3.8, 4) is 34.9 Å². The van der Waals surface area contributed by atoms with Gasteiger partial charge < -0.3 is 55.8 Å². The van der Waals surface area contributed by atoms with Crippen LogP contribution < -0.4 is 21.3 Å². The van der Waals surface area contributed by atoms with Gasteiger partial charge in [0.25, 0.3) is 23.6 Å². The minimum Gasteiger partial charge on any atom is -0.479 e. The van der Waals surface area contributed by atoms with E-state index < -0.39 is 18.5 Å². The van der Waals surface area contributed by atoms with E-state index in [1.165, 1.54) is 12.4 Å². The number of rotatable bonds is 15. The number of nitriles is 2. The van der Waals surface area contributed by atoms with E-state index in [4.69, 9.17) is 40.3 Å². The fourth-order valence-electron chi connectivity index (χ4n) is 9.14. The first kappa shape index (κ1) is 70.6. The van der Waals surface area contributed by atoms with Crippen molar-refractivity contribution >= 4 is 117 Å². The van der Waals surface area contributed by atoms with Crippen LogP contribution in [-0.4, -0.2) is 143 Å². The molecule has 32 heteroatoms.